The van der Waals surface area contributed by atoms with Crippen molar-refractivity contribution in [1.82, 2.24) is 10.3 Å². The number of hydrogen-bond donors (Lipinski definition) is 2. The van der Waals surface area contributed by atoms with Gasteiger partial charge in [0.15, 0.2) is 0 Å². The zero-order valence-electron chi connectivity index (χ0n) is 14.8. The highest BCUT2D eigenvalue weighted by atomic mass is 35.5. The van der Waals surface area contributed by atoms with Gasteiger partial charge in [-0.25, -0.2) is 0 Å². The van der Waals surface area contributed by atoms with Crippen LogP contribution in [0.25, 0.3) is 10.9 Å². The van der Waals surface area contributed by atoms with Crippen LogP contribution < -0.4 is 5.32 Å². The smallest absolute Gasteiger partial charge is 0.220 e. The first-order valence-electron chi connectivity index (χ1n) is 8.63. The van der Waals surface area contributed by atoms with Crippen molar-refractivity contribution >= 4 is 28.4 Å². The van der Waals surface area contributed by atoms with Crippen LogP contribution in [-0.4, -0.2) is 16.0 Å². The lowest BCUT2D eigenvalue weighted by atomic mass is 9.95. The summed E-state index contributed by atoms with van der Waals surface area (Å²) in [5.41, 5.74) is 2.96. The average Bonchev–Trinajstić information content (AvgIpc) is 2.64. The largest absolute Gasteiger partial charge is 0.505 e. The predicted molar refractivity (Wildman–Crippen MR) is 104 cm³/mol. The van der Waals surface area contributed by atoms with Gasteiger partial charge in [0, 0.05) is 23.6 Å². The molecule has 0 saturated carbocycles. The summed E-state index contributed by atoms with van der Waals surface area (Å²) in [4.78, 5) is 16.5. The molecule has 1 heterocycles. The molecule has 134 valence electrons. The third-order valence-electron chi connectivity index (χ3n) is 4.35. The van der Waals surface area contributed by atoms with E-state index in [0.29, 0.717) is 27.9 Å². The van der Waals surface area contributed by atoms with Crippen LogP contribution >= 0.6 is 11.6 Å². The number of benzene rings is 2. The Morgan fingerprint density at radius 3 is 2.69 bits per heavy atom. The van der Waals surface area contributed by atoms with Crippen molar-refractivity contribution in [2.75, 3.05) is 0 Å². The Bertz CT molecular complexity index is 939. The molecular formula is C21H21ClN2O2. The van der Waals surface area contributed by atoms with Crippen molar-refractivity contribution in [2.24, 2.45) is 0 Å². The van der Waals surface area contributed by atoms with Crippen molar-refractivity contribution in [2.45, 2.75) is 32.7 Å². The quantitative estimate of drug-likeness (QED) is 0.672. The Morgan fingerprint density at radius 1 is 1.27 bits per heavy atom. The van der Waals surface area contributed by atoms with E-state index in [1.165, 1.54) is 0 Å². The molecule has 0 aliphatic rings. The average molecular weight is 369 g/mol. The van der Waals surface area contributed by atoms with Crippen LogP contribution in [0.15, 0.2) is 48.7 Å². The fourth-order valence-corrected chi connectivity index (χ4v) is 3.26. The van der Waals surface area contributed by atoms with E-state index in [1.807, 2.05) is 44.2 Å². The molecule has 3 aromatic rings. The topological polar surface area (TPSA) is 62.2 Å². The number of phenols is 1. The molecule has 0 aliphatic heterocycles. The lowest BCUT2D eigenvalue weighted by Crippen LogP contribution is -2.29. The number of hydrogen-bond acceptors (Lipinski definition) is 3. The van der Waals surface area contributed by atoms with Crippen LogP contribution in [0.2, 0.25) is 5.02 Å². The number of halogens is 1. The van der Waals surface area contributed by atoms with E-state index in [0.717, 1.165) is 17.5 Å². The molecule has 3 rings (SSSR count). The fourth-order valence-electron chi connectivity index (χ4n) is 2.99. The summed E-state index contributed by atoms with van der Waals surface area (Å²) < 4.78 is 0. The molecule has 0 fully saturated rings. The van der Waals surface area contributed by atoms with Crippen LogP contribution in [0.5, 0.6) is 5.75 Å². The lowest BCUT2D eigenvalue weighted by Gasteiger charge is -2.22. The molecule has 1 aromatic heterocycles. The third kappa shape index (κ3) is 3.65. The molecule has 0 bridgehead atoms. The van der Waals surface area contributed by atoms with Crippen molar-refractivity contribution < 1.29 is 9.90 Å². The second-order valence-corrected chi connectivity index (χ2v) is 6.76. The standard InChI is InChI=1S/C21H21ClN2O2/c1-3-5-18(25)24-19(14-9-7-13(2)8-10-14)16-12-17(22)15-6-4-11-23-20(15)21(16)26/h4,6-12,19,26H,3,5H2,1-2H3,(H,24,25). The Morgan fingerprint density at radius 2 is 2.00 bits per heavy atom. The van der Waals surface area contributed by atoms with Gasteiger partial charge >= 0.3 is 0 Å². The van der Waals surface area contributed by atoms with E-state index in [9.17, 15) is 9.90 Å². The van der Waals surface area contributed by atoms with Gasteiger partial charge in [-0.3, -0.25) is 9.78 Å². The first-order chi connectivity index (χ1) is 12.5. The number of carbonyl (C=O) groups is 1. The summed E-state index contributed by atoms with van der Waals surface area (Å²) in [6.45, 7) is 3.96. The zero-order chi connectivity index (χ0) is 18.7. The number of phenolic OH excluding ortho intramolecular Hbond substituents is 1. The number of aryl methyl sites for hydroxylation is 1. The van der Waals surface area contributed by atoms with Gasteiger partial charge in [0.05, 0.1) is 11.1 Å². The van der Waals surface area contributed by atoms with E-state index in [1.54, 1.807) is 18.3 Å². The number of amides is 1. The Kier molecular flexibility index (Phi) is 5.43. The number of aromatic hydroxyl groups is 1. The Labute approximate surface area is 157 Å². The molecular weight excluding hydrogens is 348 g/mol. The fraction of sp³-hybridized carbons (Fsp3) is 0.238. The maximum absolute atomic E-state index is 12.3. The minimum Gasteiger partial charge on any atom is -0.505 e. The summed E-state index contributed by atoms with van der Waals surface area (Å²) in [7, 11) is 0. The Hall–Kier alpha value is -2.59. The third-order valence-corrected chi connectivity index (χ3v) is 4.66. The van der Waals surface area contributed by atoms with E-state index in [2.05, 4.69) is 10.3 Å². The number of nitrogens with one attached hydrogen (secondary N) is 1. The summed E-state index contributed by atoms with van der Waals surface area (Å²) in [5, 5.41) is 15.0. The second kappa shape index (κ2) is 7.75. The van der Waals surface area contributed by atoms with Crippen LogP contribution in [-0.2, 0) is 4.79 Å². The van der Waals surface area contributed by atoms with Crippen molar-refractivity contribution in [1.29, 1.82) is 0 Å². The van der Waals surface area contributed by atoms with Gasteiger partial charge in [0.2, 0.25) is 5.91 Å². The minimum atomic E-state index is -0.501. The molecule has 2 N–H and O–H groups in total. The molecule has 1 unspecified atom stereocenters. The van der Waals surface area contributed by atoms with E-state index >= 15 is 0 Å². The van der Waals surface area contributed by atoms with Crippen LogP contribution in [0.1, 0.15) is 42.5 Å². The molecule has 0 radical (unpaired) electrons. The number of aromatic nitrogens is 1. The van der Waals surface area contributed by atoms with Gasteiger partial charge < -0.3 is 10.4 Å². The SMILES string of the molecule is CCCC(=O)NC(c1ccc(C)cc1)c1cc(Cl)c2cccnc2c1O. The van der Waals surface area contributed by atoms with Gasteiger partial charge in [-0.05, 0) is 37.1 Å². The number of fused-ring (bicyclic) bond motifs is 1. The van der Waals surface area contributed by atoms with Crippen molar-refractivity contribution in [3.8, 4) is 5.75 Å². The highest BCUT2D eigenvalue weighted by molar-refractivity contribution is 6.35. The number of pyridine rings is 1. The lowest BCUT2D eigenvalue weighted by molar-refractivity contribution is -0.121. The van der Waals surface area contributed by atoms with E-state index in [4.69, 9.17) is 11.6 Å². The molecule has 1 atom stereocenters. The van der Waals surface area contributed by atoms with Gasteiger partial charge in [0.1, 0.15) is 11.3 Å². The summed E-state index contributed by atoms with van der Waals surface area (Å²) in [5.74, 6) is -0.0397. The molecule has 5 heteroatoms. The number of nitrogens with zero attached hydrogens (tertiary/aromatic N) is 1. The van der Waals surface area contributed by atoms with Gasteiger partial charge in [0.25, 0.3) is 0 Å². The van der Waals surface area contributed by atoms with E-state index in [-0.39, 0.29) is 11.7 Å². The molecule has 1 amide bonds. The van der Waals surface area contributed by atoms with Crippen LogP contribution in [0, 0.1) is 6.92 Å². The van der Waals surface area contributed by atoms with Crippen molar-refractivity contribution in [3.05, 3.63) is 70.4 Å². The maximum atomic E-state index is 12.3. The maximum Gasteiger partial charge on any atom is 0.220 e. The van der Waals surface area contributed by atoms with Gasteiger partial charge in [-0.1, -0.05) is 48.4 Å². The Balaban J connectivity index is 2.15. The van der Waals surface area contributed by atoms with Crippen molar-refractivity contribution in [3.63, 3.8) is 0 Å². The highest BCUT2D eigenvalue weighted by Gasteiger charge is 2.23. The number of rotatable bonds is 5. The normalized spacial score (nSPS) is 12.1. The monoisotopic (exact) mass is 368 g/mol. The zero-order valence-corrected chi connectivity index (χ0v) is 15.5. The van der Waals surface area contributed by atoms with Crippen LogP contribution in [0.3, 0.4) is 0 Å². The molecule has 0 spiro atoms. The summed E-state index contributed by atoms with van der Waals surface area (Å²) >= 11 is 6.42. The molecule has 26 heavy (non-hydrogen) atoms. The summed E-state index contributed by atoms with van der Waals surface area (Å²) in [6, 6.07) is 12.6. The molecule has 4 nitrogen and oxygen atoms in total. The first-order valence-corrected chi connectivity index (χ1v) is 9.01. The molecule has 0 saturated heterocycles. The minimum absolute atomic E-state index is 0.0346. The van der Waals surface area contributed by atoms with Crippen LogP contribution in [0.4, 0.5) is 0 Å². The first kappa shape index (κ1) is 18.2. The van der Waals surface area contributed by atoms with E-state index < -0.39 is 6.04 Å². The number of carbonyl (C=O) groups excluding carboxylic acids is 1. The van der Waals surface area contributed by atoms with Gasteiger partial charge in [-0.2, -0.15) is 0 Å². The molecule has 2 aromatic carbocycles. The van der Waals surface area contributed by atoms with Gasteiger partial charge in [-0.15, -0.1) is 0 Å². The second-order valence-electron chi connectivity index (χ2n) is 6.36. The predicted octanol–water partition coefficient (Wildman–Crippen LogP) is 4.91. The summed E-state index contributed by atoms with van der Waals surface area (Å²) in [6.07, 6.45) is 2.78. The highest BCUT2D eigenvalue weighted by Crippen LogP contribution is 2.38. The molecule has 0 aliphatic carbocycles.